The second kappa shape index (κ2) is 8.59. The molecule has 7 heteroatoms. The molecule has 0 N–H and O–H groups in total. The molecule has 0 spiro atoms. The Balaban J connectivity index is 1.57. The number of carbonyl (C=O) groups is 2. The van der Waals surface area contributed by atoms with E-state index >= 15 is 0 Å². The zero-order chi connectivity index (χ0) is 21.0. The van der Waals surface area contributed by atoms with Crippen molar-refractivity contribution in [2.75, 3.05) is 13.1 Å². The van der Waals surface area contributed by atoms with Crippen LogP contribution < -0.4 is 4.89 Å². The lowest BCUT2D eigenvalue weighted by Crippen LogP contribution is -2.45. The zero-order valence-corrected chi connectivity index (χ0v) is 16.4. The Morgan fingerprint density at radius 3 is 2.31 bits per heavy atom. The minimum atomic E-state index is -0.876. The smallest absolute Gasteiger partial charge is 0.339 e. The van der Waals surface area contributed by atoms with Crippen molar-refractivity contribution in [3.63, 3.8) is 0 Å². The van der Waals surface area contributed by atoms with E-state index in [1.165, 1.54) is 4.90 Å². The standard InChI is InChI=1S/C22H23F2NO4/c1-22(2,21(27)29-28-17-6-4-3-5-7-17)15-10-12-25(13-11-15)20(26)18-9-8-16(23)14-19(18)24/h3-9,14-15H,10-13H2,1-2H3. The van der Waals surface area contributed by atoms with Gasteiger partial charge in [-0.05, 0) is 56.9 Å². The zero-order valence-electron chi connectivity index (χ0n) is 16.4. The van der Waals surface area contributed by atoms with Gasteiger partial charge in [0.15, 0.2) is 5.75 Å². The molecular formula is C22H23F2NO4. The Morgan fingerprint density at radius 2 is 1.69 bits per heavy atom. The molecule has 1 fully saturated rings. The Bertz CT molecular complexity index is 878. The fourth-order valence-electron chi connectivity index (χ4n) is 3.47. The quantitative estimate of drug-likeness (QED) is 0.549. The molecule has 1 heterocycles. The highest BCUT2D eigenvalue weighted by molar-refractivity contribution is 5.94. The van der Waals surface area contributed by atoms with Gasteiger partial charge in [-0.2, -0.15) is 0 Å². The molecule has 29 heavy (non-hydrogen) atoms. The fourth-order valence-corrected chi connectivity index (χ4v) is 3.47. The Labute approximate surface area is 168 Å². The highest BCUT2D eigenvalue weighted by Gasteiger charge is 2.41. The topological polar surface area (TPSA) is 55.8 Å². The van der Waals surface area contributed by atoms with E-state index in [0.29, 0.717) is 37.7 Å². The molecule has 2 aromatic rings. The van der Waals surface area contributed by atoms with Gasteiger partial charge in [0, 0.05) is 19.2 Å². The molecule has 1 amide bonds. The number of likely N-dealkylation sites (tertiary alicyclic amines) is 1. The van der Waals surface area contributed by atoms with E-state index < -0.39 is 28.9 Å². The number of hydrogen-bond acceptors (Lipinski definition) is 4. The van der Waals surface area contributed by atoms with Crippen molar-refractivity contribution in [3.8, 4) is 5.75 Å². The first-order valence-corrected chi connectivity index (χ1v) is 9.47. The molecule has 0 atom stereocenters. The first-order valence-electron chi connectivity index (χ1n) is 9.47. The average molecular weight is 403 g/mol. The van der Waals surface area contributed by atoms with Gasteiger partial charge >= 0.3 is 5.97 Å². The highest BCUT2D eigenvalue weighted by Crippen LogP contribution is 2.36. The summed E-state index contributed by atoms with van der Waals surface area (Å²) in [7, 11) is 0. The van der Waals surface area contributed by atoms with Crippen LogP contribution in [0.3, 0.4) is 0 Å². The van der Waals surface area contributed by atoms with Crippen molar-refractivity contribution in [1.82, 2.24) is 4.90 Å². The molecule has 0 bridgehead atoms. The molecule has 0 unspecified atom stereocenters. The van der Waals surface area contributed by atoms with Crippen molar-refractivity contribution in [1.29, 1.82) is 0 Å². The predicted molar refractivity (Wildman–Crippen MR) is 102 cm³/mol. The number of carbonyl (C=O) groups excluding carboxylic acids is 2. The molecule has 1 aliphatic heterocycles. The van der Waals surface area contributed by atoms with Gasteiger partial charge in [0.05, 0.1) is 11.0 Å². The molecule has 2 aromatic carbocycles. The van der Waals surface area contributed by atoms with Crippen molar-refractivity contribution in [3.05, 3.63) is 65.7 Å². The third kappa shape index (κ3) is 4.72. The molecule has 0 radical (unpaired) electrons. The molecule has 154 valence electrons. The summed E-state index contributed by atoms with van der Waals surface area (Å²) in [5, 5.41) is 0. The van der Waals surface area contributed by atoms with Gasteiger partial charge in [-0.15, -0.1) is 0 Å². The van der Waals surface area contributed by atoms with Gasteiger partial charge in [0.25, 0.3) is 5.91 Å². The van der Waals surface area contributed by atoms with E-state index in [-0.39, 0.29) is 11.5 Å². The van der Waals surface area contributed by atoms with Crippen molar-refractivity contribution < 1.29 is 28.1 Å². The molecular weight excluding hydrogens is 380 g/mol. The summed E-state index contributed by atoms with van der Waals surface area (Å²) in [6.45, 7) is 4.31. The Kier molecular flexibility index (Phi) is 6.15. The van der Waals surface area contributed by atoms with Crippen molar-refractivity contribution in [2.24, 2.45) is 11.3 Å². The van der Waals surface area contributed by atoms with Gasteiger partial charge in [0.2, 0.25) is 0 Å². The number of nitrogens with zero attached hydrogens (tertiary/aromatic N) is 1. The van der Waals surface area contributed by atoms with Crippen LogP contribution in [0.4, 0.5) is 8.78 Å². The van der Waals surface area contributed by atoms with E-state index in [9.17, 15) is 18.4 Å². The van der Waals surface area contributed by atoms with E-state index in [2.05, 4.69) is 0 Å². The average Bonchev–Trinajstić information content (AvgIpc) is 2.72. The molecule has 1 aliphatic rings. The van der Waals surface area contributed by atoms with Crippen LogP contribution in [-0.4, -0.2) is 29.9 Å². The summed E-state index contributed by atoms with van der Waals surface area (Å²) in [6.07, 6.45) is 1.12. The molecule has 3 rings (SSSR count). The van der Waals surface area contributed by atoms with Crippen LogP contribution >= 0.6 is 0 Å². The van der Waals surface area contributed by atoms with E-state index in [1.54, 1.807) is 38.1 Å². The molecule has 5 nitrogen and oxygen atoms in total. The van der Waals surface area contributed by atoms with Gasteiger partial charge in [-0.25, -0.2) is 18.5 Å². The van der Waals surface area contributed by atoms with Crippen LogP contribution in [0.25, 0.3) is 0 Å². The largest absolute Gasteiger partial charge is 0.361 e. The van der Waals surface area contributed by atoms with Gasteiger partial charge in [0.1, 0.15) is 11.6 Å². The van der Waals surface area contributed by atoms with Gasteiger partial charge in [-0.3, -0.25) is 9.68 Å². The summed E-state index contributed by atoms with van der Waals surface area (Å²) >= 11 is 0. The van der Waals surface area contributed by atoms with Crippen LogP contribution in [0.1, 0.15) is 37.0 Å². The van der Waals surface area contributed by atoms with Crippen LogP contribution in [-0.2, 0) is 9.68 Å². The Hall–Kier alpha value is -2.96. The summed E-state index contributed by atoms with van der Waals surface area (Å²) < 4.78 is 27.0. The minimum absolute atomic E-state index is 0.0310. The number of rotatable bonds is 5. The lowest BCUT2D eigenvalue weighted by Gasteiger charge is -2.38. The molecule has 0 aromatic heterocycles. The first kappa shape index (κ1) is 20.8. The van der Waals surface area contributed by atoms with Crippen molar-refractivity contribution in [2.45, 2.75) is 26.7 Å². The van der Waals surface area contributed by atoms with Crippen LogP contribution in [0.5, 0.6) is 5.75 Å². The number of amides is 1. The van der Waals surface area contributed by atoms with Crippen LogP contribution in [0.2, 0.25) is 0 Å². The predicted octanol–water partition coefficient (Wildman–Crippen LogP) is 4.38. The van der Waals surface area contributed by atoms with Crippen molar-refractivity contribution >= 4 is 11.9 Å². The molecule has 1 saturated heterocycles. The number of hydrogen-bond donors (Lipinski definition) is 0. The monoisotopic (exact) mass is 403 g/mol. The fraction of sp³-hybridized carbons (Fsp3) is 0.364. The van der Waals surface area contributed by atoms with Crippen LogP contribution in [0, 0.1) is 23.0 Å². The maximum Gasteiger partial charge on any atom is 0.361 e. The van der Waals surface area contributed by atoms with E-state index in [1.807, 2.05) is 6.07 Å². The first-order chi connectivity index (χ1) is 13.8. The summed E-state index contributed by atoms with van der Waals surface area (Å²) in [5.74, 6) is -2.17. The number of para-hydroxylation sites is 1. The third-order valence-corrected chi connectivity index (χ3v) is 5.45. The lowest BCUT2D eigenvalue weighted by molar-refractivity contribution is -0.227. The van der Waals surface area contributed by atoms with Gasteiger partial charge in [-0.1, -0.05) is 18.2 Å². The lowest BCUT2D eigenvalue weighted by atomic mass is 9.73. The van der Waals surface area contributed by atoms with E-state index in [0.717, 1.165) is 12.1 Å². The second-order valence-electron chi connectivity index (χ2n) is 7.68. The maximum absolute atomic E-state index is 13.9. The molecule has 0 saturated carbocycles. The second-order valence-corrected chi connectivity index (χ2v) is 7.68. The Morgan fingerprint density at radius 1 is 1.03 bits per heavy atom. The number of benzene rings is 2. The number of piperidine rings is 1. The molecule has 0 aliphatic carbocycles. The third-order valence-electron chi connectivity index (χ3n) is 5.45. The van der Waals surface area contributed by atoms with Crippen LogP contribution in [0.15, 0.2) is 48.5 Å². The van der Waals surface area contributed by atoms with Gasteiger partial charge < -0.3 is 4.90 Å². The normalized spacial score (nSPS) is 15.1. The number of halogens is 2. The SMILES string of the molecule is CC(C)(C(=O)OOc1ccccc1)C1CCN(C(=O)c2ccc(F)cc2F)CC1. The maximum atomic E-state index is 13.9. The summed E-state index contributed by atoms with van der Waals surface area (Å²) in [6, 6.07) is 11.6. The minimum Gasteiger partial charge on any atom is -0.339 e. The summed E-state index contributed by atoms with van der Waals surface area (Å²) in [5.41, 5.74) is -0.967. The highest BCUT2D eigenvalue weighted by atomic mass is 19.1. The summed E-state index contributed by atoms with van der Waals surface area (Å²) in [4.78, 5) is 36.7. The van der Waals surface area contributed by atoms with E-state index in [4.69, 9.17) is 9.78 Å².